The molecule has 0 radical (unpaired) electrons. The van der Waals surface area contributed by atoms with Crippen LogP contribution in [0.4, 0.5) is 0 Å². The SMILES string of the molecule is c1ccc2c(c1)c1cccc(OCC3CO3)c1c1cc(-c3ccc(OCC4CO4)cc3)oc21. The standard InChI is InChI=1S/C28H22O5/c1-2-5-23-21(4-1)22-6-3-7-25(32-16-20-15-31-20)27(22)24-12-26(33-28(23)24)17-8-10-18(11-9-17)29-13-19-14-30-19/h1-12,19-20H,13-16H2. The number of rotatable bonds is 7. The lowest BCUT2D eigenvalue weighted by atomic mass is 9.97. The van der Waals surface area contributed by atoms with Crippen LogP contribution in [-0.4, -0.2) is 38.6 Å². The molecule has 164 valence electrons. The summed E-state index contributed by atoms with van der Waals surface area (Å²) in [5, 5.41) is 5.53. The van der Waals surface area contributed by atoms with Gasteiger partial charge in [-0.2, -0.15) is 0 Å². The highest BCUT2D eigenvalue weighted by atomic mass is 16.6. The maximum atomic E-state index is 6.48. The van der Waals surface area contributed by atoms with Gasteiger partial charge < -0.3 is 23.4 Å². The van der Waals surface area contributed by atoms with E-state index in [-0.39, 0.29) is 12.2 Å². The lowest BCUT2D eigenvalue weighted by molar-refractivity contribution is 0.263. The number of furan rings is 1. The molecule has 0 saturated carbocycles. The first-order chi connectivity index (χ1) is 16.3. The summed E-state index contributed by atoms with van der Waals surface area (Å²) in [5.74, 6) is 2.51. The van der Waals surface area contributed by atoms with Gasteiger partial charge in [-0.15, -0.1) is 0 Å². The molecule has 4 aromatic carbocycles. The molecular formula is C28H22O5. The molecule has 2 aliphatic heterocycles. The second kappa shape index (κ2) is 7.51. The number of hydrogen-bond donors (Lipinski definition) is 0. The van der Waals surface area contributed by atoms with E-state index < -0.39 is 0 Å². The minimum absolute atomic E-state index is 0.198. The van der Waals surface area contributed by atoms with Crippen molar-refractivity contribution in [3.05, 3.63) is 72.8 Å². The Hall–Kier alpha value is -3.54. The Morgan fingerprint density at radius 2 is 1.39 bits per heavy atom. The zero-order chi connectivity index (χ0) is 21.8. The van der Waals surface area contributed by atoms with E-state index >= 15 is 0 Å². The summed E-state index contributed by atoms with van der Waals surface area (Å²) in [7, 11) is 0. The Morgan fingerprint density at radius 1 is 0.697 bits per heavy atom. The number of hydrogen-bond acceptors (Lipinski definition) is 5. The Labute approximate surface area is 190 Å². The Morgan fingerprint density at radius 3 is 2.15 bits per heavy atom. The summed E-state index contributed by atoms with van der Waals surface area (Å²) in [4.78, 5) is 0. The van der Waals surface area contributed by atoms with Gasteiger partial charge in [0.1, 0.15) is 48.3 Å². The van der Waals surface area contributed by atoms with Crippen molar-refractivity contribution in [2.45, 2.75) is 12.2 Å². The predicted molar refractivity (Wildman–Crippen MR) is 127 cm³/mol. The lowest BCUT2D eigenvalue weighted by Crippen LogP contribution is -2.04. The number of benzene rings is 4. The monoisotopic (exact) mass is 438 g/mol. The first-order valence-electron chi connectivity index (χ1n) is 11.3. The molecule has 5 aromatic rings. The van der Waals surface area contributed by atoms with E-state index in [4.69, 9.17) is 23.4 Å². The van der Waals surface area contributed by atoms with Crippen LogP contribution in [0.3, 0.4) is 0 Å². The Kier molecular flexibility index (Phi) is 4.32. The van der Waals surface area contributed by atoms with E-state index in [1.807, 2.05) is 30.3 Å². The minimum Gasteiger partial charge on any atom is -0.491 e. The van der Waals surface area contributed by atoms with E-state index in [0.29, 0.717) is 13.2 Å². The van der Waals surface area contributed by atoms with Crippen LogP contribution in [0.5, 0.6) is 11.5 Å². The Balaban J connectivity index is 1.36. The van der Waals surface area contributed by atoms with Crippen LogP contribution < -0.4 is 9.47 Å². The van der Waals surface area contributed by atoms with Crippen LogP contribution in [-0.2, 0) is 9.47 Å². The molecular weight excluding hydrogens is 416 g/mol. The van der Waals surface area contributed by atoms with E-state index in [9.17, 15) is 0 Å². The van der Waals surface area contributed by atoms with Crippen molar-refractivity contribution in [1.82, 2.24) is 0 Å². The van der Waals surface area contributed by atoms with Crippen molar-refractivity contribution in [3.63, 3.8) is 0 Å². The first kappa shape index (κ1) is 19.0. The quantitative estimate of drug-likeness (QED) is 0.232. The van der Waals surface area contributed by atoms with Crippen LogP contribution in [0.1, 0.15) is 0 Å². The van der Waals surface area contributed by atoms with Gasteiger partial charge in [0.2, 0.25) is 0 Å². The average molecular weight is 438 g/mol. The molecule has 2 saturated heterocycles. The van der Waals surface area contributed by atoms with Gasteiger partial charge in [-0.05, 0) is 47.2 Å². The van der Waals surface area contributed by atoms with Gasteiger partial charge in [0.15, 0.2) is 0 Å². The van der Waals surface area contributed by atoms with Crippen LogP contribution in [0.25, 0.3) is 43.8 Å². The number of epoxide rings is 2. The third-order valence-corrected chi connectivity index (χ3v) is 6.29. The zero-order valence-electron chi connectivity index (χ0n) is 18.0. The highest BCUT2D eigenvalue weighted by molar-refractivity contribution is 6.25. The van der Waals surface area contributed by atoms with E-state index in [1.54, 1.807) is 0 Å². The highest BCUT2D eigenvalue weighted by Gasteiger charge is 2.25. The largest absolute Gasteiger partial charge is 0.491 e. The molecule has 0 aliphatic carbocycles. The minimum atomic E-state index is 0.198. The smallest absolute Gasteiger partial charge is 0.143 e. The molecule has 33 heavy (non-hydrogen) atoms. The fraction of sp³-hybridized carbons (Fsp3) is 0.214. The number of ether oxygens (including phenoxy) is 4. The molecule has 2 aliphatic rings. The summed E-state index contributed by atoms with van der Waals surface area (Å²) in [6.07, 6.45) is 0.438. The van der Waals surface area contributed by atoms with Crippen molar-refractivity contribution < 1.29 is 23.4 Å². The summed E-state index contributed by atoms with van der Waals surface area (Å²) in [6.45, 7) is 2.72. The molecule has 7 rings (SSSR count). The van der Waals surface area contributed by atoms with Gasteiger partial charge in [-0.1, -0.05) is 36.4 Å². The third kappa shape index (κ3) is 3.50. The summed E-state index contributed by atoms with van der Waals surface area (Å²) < 4.78 is 29.0. The van der Waals surface area contributed by atoms with Crippen LogP contribution in [0.2, 0.25) is 0 Å². The topological polar surface area (TPSA) is 56.7 Å². The molecule has 0 spiro atoms. The van der Waals surface area contributed by atoms with Crippen molar-refractivity contribution in [1.29, 1.82) is 0 Å². The molecule has 3 heterocycles. The van der Waals surface area contributed by atoms with Gasteiger partial charge in [-0.3, -0.25) is 0 Å². The van der Waals surface area contributed by atoms with Crippen molar-refractivity contribution in [2.75, 3.05) is 26.4 Å². The van der Waals surface area contributed by atoms with E-state index in [0.717, 1.165) is 68.6 Å². The van der Waals surface area contributed by atoms with Gasteiger partial charge in [0.05, 0.1) is 13.2 Å². The zero-order valence-corrected chi connectivity index (χ0v) is 18.0. The Bertz CT molecular complexity index is 1480. The predicted octanol–water partition coefficient (Wildman–Crippen LogP) is 5.96. The van der Waals surface area contributed by atoms with Gasteiger partial charge >= 0.3 is 0 Å². The summed E-state index contributed by atoms with van der Waals surface area (Å²) >= 11 is 0. The fourth-order valence-electron chi connectivity index (χ4n) is 4.40. The van der Waals surface area contributed by atoms with Gasteiger partial charge in [0.25, 0.3) is 0 Å². The summed E-state index contributed by atoms with van der Waals surface area (Å²) in [6, 6.07) is 24.8. The van der Waals surface area contributed by atoms with Crippen molar-refractivity contribution in [2.24, 2.45) is 0 Å². The highest BCUT2D eigenvalue weighted by Crippen LogP contribution is 2.43. The van der Waals surface area contributed by atoms with Crippen molar-refractivity contribution >= 4 is 32.5 Å². The second-order valence-corrected chi connectivity index (χ2v) is 8.63. The second-order valence-electron chi connectivity index (χ2n) is 8.63. The van der Waals surface area contributed by atoms with Crippen LogP contribution in [0.15, 0.2) is 77.2 Å². The molecule has 2 atom stereocenters. The van der Waals surface area contributed by atoms with Gasteiger partial charge in [0, 0.05) is 21.7 Å². The molecule has 0 N–H and O–H groups in total. The molecule has 5 nitrogen and oxygen atoms in total. The molecule has 2 unspecified atom stereocenters. The van der Waals surface area contributed by atoms with Crippen molar-refractivity contribution in [3.8, 4) is 22.8 Å². The molecule has 5 heteroatoms. The maximum Gasteiger partial charge on any atom is 0.143 e. The molecule has 1 aromatic heterocycles. The summed E-state index contributed by atoms with van der Waals surface area (Å²) in [5.41, 5.74) is 1.88. The normalized spacial score (nSPS) is 19.3. The molecule has 2 fully saturated rings. The van der Waals surface area contributed by atoms with E-state index in [2.05, 4.69) is 42.5 Å². The van der Waals surface area contributed by atoms with Crippen LogP contribution in [0, 0.1) is 0 Å². The average Bonchev–Trinajstić information content (AvgIpc) is 3.80. The third-order valence-electron chi connectivity index (χ3n) is 6.29. The van der Waals surface area contributed by atoms with Crippen LogP contribution >= 0.6 is 0 Å². The maximum absolute atomic E-state index is 6.48. The molecule has 0 bridgehead atoms. The lowest BCUT2D eigenvalue weighted by Gasteiger charge is -2.11. The molecule has 0 amide bonds. The van der Waals surface area contributed by atoms with E-state index in [1.165, 1.54) is 0 Å². The van der Waals surface area contributed by atoms with Gasteiger partial charge in [-0.25, -0.2) is 0 Å². The first-order valence-corrected chi connectivity index (χ1v) is 11.3. The number of fused-ring (bicyclic) bond motifs is 6. The fourth-order valence-corrected chi connectivity index (χ4v) is 4.40.